The Morgan fingerprint density at radius 3 is 2.80 bits per heavy atom. The van der Waals surface area contributed by atoms with Crippen molar-refractivity contribution in [2.24, 2.45) is 5.92 Å². The highest BCUT2D eigenvalue weighted by Gasteiger charge is 2.33. The van der Waals surface area contributed by atoms with Gasteiger partial charge >= 0.3 is 0 Å². The lowest BCUT2D eigenvalue weighted by Crippen LogP contribution is -2.36. The molecule has 0 radical (unpaired) electrons. The molecule has 0 spiro atoms. The van der Waals surface area contributed by atoms with Crippen molar-refractivity contribution in [3.8, 4) is 0 Å². The highest BCUT2D eigenvalue weighted by Crippen LogP contribution is 2.35. The second kappa shape index (κ2) is 4.58. The van der Waals surface area contributed by atoms with Gasteiger partial charge < -0.3 is 4.90 Å². The Kier molecular flexibility index (Phi) is 3.00. The van der Waals surface area contributed by atoms with Crippen LogP contribution in [0.3, 0.4) is 0 Å². The van der Waals surface area contributed by atoms with Crippen molar-refractivity contribution in [1.82, 2.24) is 19.5 Å². The summed E-state index contributed by atoms with van der Waals surface area (Å²) in [4.78, 5) is 18.9. The summed E-state index contributed by atoms with van der Waals surface area (Å²) in [5.74, 6) is 0.666. The molecule has 0 aliphatic heterocycles. The van der Waals surface area contributed by atoms with Gasteiger partial charge in [-0.25, -0.2) is 9.50 Å². The van der Waals surface area contributed by atoms with Crippen molar-refractivity contribution in [2.75, 3.05) is 7.05 Å². The van der Waals surface area contributed by atoms with Gasteiger partial charge in [-0.15, -0.1) is 0 Å². The van der Waals surface area contributed by atoms with Gasteiger partial charge in [0, 0.05) is 24.5 Å². The van der Waals surface area contributed by atoms with Gasteiger partial charge in [0.05, 0.1) is 6.20 Å². The van der Waals surface area contributed by atoms with Gasteiger partial charge in [-0.1, -0.05) is 0 Å². The summed E-state index contributed by atoms with van der Waals surface area (Å²) in [6.07, 6.45) is 4.08. The minimum atomic E-state index is 0.0110. The van der Waals surface area contributed by atoms with Crippen LogP contribution in [0, 0.1) is 19.8 Å². The predicted molar refractivity (Wildman–Crippen MR) is 76.7 cm³/mol. The summed E-state index contributed by atoms with van der Waals surface area (Å²) >= 11 is 0. The number of nitrogens with zero attached hydrogens (tertiary/aromatic N) is 4. The van der Waals surface area contributed by atoms with E-state index >= 15 is 0 Å². The third-order valence-corrected chi connectivity index (χ3v) is 4.24. The zero-order valence-electron chi connectivity index (χ0n) is 12.4. The first-order valence-corrected chi connectivity index (χ1v) is 7.08. The standard InChI is InChI=1S/C15H20N4O/c1-9-7-10(2)19-14(17-9)13(8-16-19)15(20)18(4)11(3)12-5-6-12/h7-8,11-12H,5-6H2,1-4H3. The van der Waals surface area contributed by atoms with Crippen LogP contribution in [0.25, 0.3) is 5.65 Å². The Morgan fingerprint density at radius 1 is 1.45 bits per heavy atom. The molecule has 1 amide bonds. The summed E-state index contributed by atoms with van der Waals surface area (Å²) in [6.45, 7) is 6.02. The van der Waals surface area contributed by atoms with E-state index in [2.05, 4.69) is 17.0 Å². The van der Waals surface area contributed by atoms with Gasteiger partial charge in [-0.3, -0.25) is 4.79 Å². The number of rotatable bonds is 3. The number of hydrogen-bond donors (Lipinski definition) is 0. The third-order valence-electron chi connectivity index (χ3n) is 4.24. The maximum Gasteiger partial charge on any atom is 0.259 e. The molecular formula is C15H20N4O. The zero-order valence-corrected chi connectivity index (χ0v) is 12.4. The molecule has 1 aliphatic carbocycles. The van der Waals surface area contributed by atoms with Gasteiger partial charge in [0.1, 0.15) is 5.56 Å². The van der Waals surface area contributed by atoms with Crippen LogP contribution in [0.15, 0.2) is 12.3 Å². The maximum absolute atomic E-state index is 12.6. The fourth-order valence-electron chi connectivity index (χ4n) is 2.69. The van der Waals surface area contributed by atoms with Crippen LogP contribution in [-0.2, 0) is 0 Å². The molecule has 1 unspecified atom stereocenters. The number of aromatic nitrogens is 3. The molecule has 1 aliphatic rings. The average molecular weight is 272 g/mol. The van der Waals surface area contributed by atoms with Crippen molar-refractivity contribution in [3.05, 3.63) is 29.2 Å². The molecule has 20 heavy (non-hydrogen) atoms. The second-order valence-corrected chi connectivity index (χ2v) is 5.83. The first-order chi connectivity index (χ1) is 9.49. The summed E-state index contributed by atoms with van der Waals surface area (Å²) in [5, 5.41) is 4.29. The largest absolute Gasteiger partial charge is 0.339 e. The Balaban J connectivity index is 1.99. The van der Waals surface area contributed by atoms with Crippen molar-refractivity contribution in [3.63, 3.8) is 0 Å². The smallest absolute Gasteiger partial charge is 0.259 e. The van der Waals surface area contributed by atoms with E-state index in [1.165, 1.54) is 12.8 Å². The molecule has 1 saturated carbocycles. The Morgan fingerprint density at radius 2 is 2.15 bits per heavy atom. The Labute approximate surface area is 118 Å². The lowest BCUT2D eigenvalue weighted by atomic mass is 10.1. The molecule has 2 aromatic rings. The fourth-order valence-corrected chi connectivity index (χ4v) is 2.69. The van der Waals surface area contributed by atoms with Gasteiger partial charge in [-0.05, 0) is 45.6 Å². The topological polar surface area (TPSA) is 50.5 Å². The minimum absolute atomic E-state index is 0.0110. The number of amides is 1. The summed E-state index contributed by atoms with van der Waals surface area (Å²) < 4.78 is 1.73. The van der Waals surface area contributed by atoms with Crippen molar-refractivity contribution >= 4 is 11.6 Å². The van der Waals surface area contributed by atoms with Gasteiger partial charge in [0.25, 0.3) is 5.91 Å². The molecular weight excluding hydrogens is 252 g/mol. The molecule has 1 atom stereocenters. The van der Waals surface area contributed by atoms with E-state index in [1.807, 2.05) is 31.9 Å². The van der Waals surface area contributed by atoms with Crippen molar-refractivity contribution in [1.29, 1.82) is 0 Å². The van der Waals surface area contributed by atoms with E-state index in [1.54, 1.807) is 10.7 Å². The lowest BCUT2D eigenvalue weighted by molar-refractivity contribution is 0.0729. The number of fused-ring (bicyclic) bond motifs is 1. The molecule has 0 bridgehead atoms. The highest BCUT2D eigenvalue weighted by atomic mass is 16.2. The number of hydrogen-bond acceptors (Lipinski definition) is 3. The van der Waals surface area contributed by atoms with Crippen LogP contribution in [0.5, 0.6) is 0 Å². The van der Waals surface area contributed by atoms with E-state index in [4.69, 9.17) is 0 Å². The number of aryl methyl sites for hydroxylation is 2. The highest BCUT2D eigenvalue weighted by molar-refractivity contribution is 5.99. The fraction of sp³-hybridized carbons (Fsp3) is 0.533. The molecule has 0 N–H and O–H groups in total. The van der Waals surface area contributed by atoms with Gasteiger partial charge in [-0.2, -0.15) is 5.10 Å². The lowest BCUT2D eigenvalue weighted by Gasteiger charge is -2.24. The predicted octanol–water partition coefficient (Wildman–Crippen LogP) is 2.22. The van der Waals surface area contributed by atoms with Crippen LogP contribution >= 0.6 is 0 Å². The van der Waals surface area contributed by atoms with Crippen LogP contribution in [0.4, 0.5) is 0 Å². The molecule has 106 valence electrons. The van der Waals surface area contributed by atoms with Crippen molar-refractivity contribution in [2.45, 2.75) is 39.7 Å². The Hall–Kier alpha value is -1.91. The van der Waals surface area contributed by atoms with E-state index in [0.717, 1.165) is 11.4 Å². The summed E-state index contributed by atoms with van der Waals surface area (Å²) in [6, 6.07) is 2.24. The molecule has 2 heterocycles. The number of carbonyl (C=O) groups is 1. The summed E-state index contributed by atoms with van der Waals surface area (Å²) in [7, 11) is 1.87. The number of carbonyl (C=O) groups excluding carboxylic acids is 1. The molecule has 0 aromatic carbocycles. The monoisotopic (exact) mass is 272 g/mol. The van der Waals surface area contributed by atoms with Crippen LogP contribution in [0.2, 0.25) is 0 Å². The molecule has 3 rings (SSSR count). The molecule has 5 heteroatoms. The molecule has 1 fully saturated rings. The van der Waals surface area contributed by atoms with E-state index in [9.17, 15) is 4.79 Å². The van der Waals surface area contributed by atoms with E-state index in [0.29, 0.717) is 17.1 Å². The van der Waals surface area contributed by atoms with E-state index in [-0.39, 0.29) is 11.9 Å². The quantitative estimate of drug-likeness (QED) is 0.861. The first-order valence-electron chi connectivity index (χ1n) is 7.08. The zero-order chi connectivity index (χ0) is 14.4. The average Bonchev–Trinajstić information content (AvgIpc) is 3.16. The molecule has 5 nitrogen and oxygen atoms in total. The minimum Gasteiger partial charge on any atom is -0.339 e. The first kappa shape index (κ1) is 13.1. The van der Waals surface area contributed by atoms with Gasteiger partial charge in [0.15, 0.2) is 5.65 Å². The third kappa shape index (κ3) is 2.07. The van der Waals surface area contributed by atoms with Crippen molar-refractivity contribution < 1.29 is 4.79 Å². The van der Waals surface area contributed by atoms with Crippen LogP contribution in [-0.4, -0.2) is 38.5 Å². The maximum atomic E-state index is 12.6. The second-order valence-electron chi connectivity index (χ2n) is 5.83. The normalized spacial score (nSPS) is 16.4. The molecule has 2 aromatic heterocycles. The van der Waals surface area contributed by atoms with Crippen LogP contribution in [0.1, 0.15) is 41.5 Å². The Bertz CT molecular complexity index is 672. The SMILES string of the molecule is Cc1cc(C)n2ncc(C(=O)N(C)C(C)C3CC3)c2n1. The summed E-state index contributed by atoms with van der Waals surface area (Å²) in [5.41, 5.74) is 3.14. The van der Waals surface area contributed by atoms with Gasteiger partial charge in [0.2, 0.25) is 0 Å². The molecule has 0 saturated heterocycles. The van der Waals surface area contributed by atoms with Crippen LogP contribution < -0.4 is 0 Å². The van der Waals surface area contributed by atoms with E-state index < -0.39 is 0 Å².